The van der Waals surface area contributed by atoms with Gasteiger partial charge in [0.25, 0.3) is 5.91 Å². The topological polar surface area (TPSA) is 85.4 Å². The van der Waals surface area contributed by atoms with Crippen LogP contribution in [-0.2, 0) is 10.1 Å². The van der Waals surface area contributed by atoms with Gasteiger partial charge in [-0.2, -0.15) is 8.42 Å². The summed E-state index contributed by atoms with van der Waals surface area (Å²) < 4.78 is 27.0. The Morgan fingerprint density at radius 2 is 2.11 bits per heavy atom. The molecule has 8 heteroatoms. The molecule has 0 aliphatic carbocycles. The van der Waals surface area contributed by atoms with Crippen LogP contribution in [0.4, 0.5) is 5.13 Å². The number of carbonyl (C=O) groups is 1. The van der Waals surface area contributed by atoms with Gasteiger partial charge in [0, 0.05) is 11.6 Å². The first kappa shape index (κ1) is 13.5. The van der Waals surface area contributed by atoms with Gasteiger partial charge in [0.05, 0.1) is 11.8 Å². The van der Waals surface area contributed by atoms with Crippen LogP contribution >= 0.6 is 11.3 Å². The van der Waals surface area contributed by atoms with Crippen LogP contribution in [-0.4, -0.2) is 25.6 Å². The van der Waals surface area contributed by atoms with Gasteiger partial charge in [0.2, 0.25) is 0 Å². The predicted octanol–water partition coefficient (Wildman–Crippen LogP) is 1.73. The molecule has 1 N–H and O–H groups in total. The maximum Gasteiger partial charge on any atom is 0.306 e. The Bertz CT molecular complexity index is 680. The van der Waals surface area contributed by atoms with Crippen LogP contribution in [0.5, 0.6) is 5.75 Å². The summed E-state index contributed by atoms with van der Waals surface area (Å²) in [6, 6.07) is 6.09. The number of rotatable bonds is 4. The number of para-hydroxylation sites is 1. The van der Waals surface area contributed by atoms with Crippen molar-refractivity contribution in [2.75, 3.05) is 11.6 Å². The quantitative estimate of drug-likeness (QED) is 0.869. The molecule has 0 bridgehead atoms. The zero-order valence-corrected chi connectivity index (χ0v) is 11.5. The van der Waals surface area contributed by atoms with Gasteiger partial charge in [-0.1, -0.05) is 12.1 Å². The van der Waals surface area contributed by atoms with Crippen LogP contribution in [0.1, 0.15) is 10.4 Å². The first-order chi connectivity index (χ1) is 8.96. The van der Waals surface area contributed by atoms with Crippen LogP contribution in [0.2, 0.25) is 0 Å². The lowest BCUT2D eigenvalue weighted by Crippen LogP contribution is -2.15. The summed E-state index contributed by atoms with van der Waals surface area (Å²) in [5, 5.41) is 4.70. The molecule has 2 aromatic rings. The number of benzene rings is 1. The number of carbonyl (C=O) groups excluding carboxylic acids is 1. The number of amides is 1. The van der Waals surface area contributed by atoms with Gasteiger partial charge in [0.1, 0.15) is 0 Å². The minimum absolute atomic E-state index is 0.0148. The number of hydrogen-bond acceptors (Lipinski definition) is 6. The Hall–Kier alpha value is -1.93. The third-order valence-corrected chi connectivity index (χ3v) is 3.20. The van der Waals surface area contributed by atoms with Crippen molar-refractivity contribution in [3.63, 3.8) is 0 Å². The predicted molar refractivity (Wildman–Crippen MR) is 72.0 cm³/mol. The van der Waals surface area contributed by atoms with Gasteiger partial charge in [-0.05, 0) is 12.1 Å². The van der Waals surface area contributed by atoms with Crippen LogP contribution in [0, 0.1) is 0 Å². The summed E-state index contributed by atoms with van der Waals surface area (Å²) >= 11 is 1.26. The normalized spacial score (nSPS) is 11.0. The molecule has 0 fully saturated rings. The number of thiazole rings is 1. The highest BCUT2D eigenvalue weighted by atomic mass is 32.2. The standard InChI is InChI=1S/C11H10N2O4S2/c1-19(15,16)17-9-5-3-2-4-8(9)10(14)13-11-12-6-7-18-11/h2-7H,1H3,(H,12,13,14). The monoisotopic (exact) mass is 298 g/mol. The second-order valence-electron chi connectivity index (χ2n) is 3.57. The van der Waals surface area contributed by atoms with Gasteiger partial charge in [-0.3, -0.25) is 10.1 Å². The Morgan fingerprint density at radius 3 is 2.74 bits per heavy atom. The summed E-state index contributed by atoms with van der Waals surface area (Å²) in [5.74, 6) is -0.492. The summed E-state index contributed by atoms with van der Waals surface area (Å²) in [6.45, 7) is 0. The average Bonchev–Trinajstić information content (AvgIpc) is 2.80. The number of nitrogens with zero attached hydrogens (tertiary/aromatic N) is 1. The molecule has 1 amide bonds. The molecule has 0 aliphatic rings. The minimum Gasteiger partial charge on any atom is -0.382 e. The van der Waals surface area contributed by atoms with Crippen LogP contribution in [0.25, 0.3) is 0 Å². The molecule has 0 radical (unpaired) electrons. The Kier molecular flexibility index (Phi) is 3.82. The lowest BCUT2D eigenvalue weighted by molar-refractivity contribution is 0.102. The highest BCUT2D eigenvalue weighted by Crippen LogP contribution is 2.21. The van der Waals surface area contributed by atoms with Crippen LogP contribution in [0.3, 0.4) is 0 Å². The van der Waals surface area contributed by atoms with E-state index in [1.165, 1.54) is 23.5 Å². The van der Waals surface area contributed by atoms with Crippen molar-refractivity contribution in [2.24, 2.45) is 0 Å². The molecule has 0 aliphatic heterocycles. The fourth-order valence-electron chi connectivity index (χ4n) is 1.34. The van der Waals surface area contributed by atoms with Crippen molar-refractivity contribution in [3.8, 4) is 5.75 Å². The van der Waals surface area contributed by atoms with Crippen molar-refractivity contribution in [3.05, 3.63) is 41.4 Å². The maximum absolute atomic E-state index is 12.0. The lowest BCUT2D eigenvalue weighted by atomic mass is 10.2. The van der Waals surface area contributed by atoms with Gasteiger partial charge < -0.3 is 4.18 Å². The maximum atomic E-state index is 12.0. The molecule has 0 atom stereocenters. The van der Waals surface area contributed by atoms with E-state index in [1.54, 1.807) is 23.7 Å². The van der Waals surface area contributed by atoms with Crippen molar-refractivity contribution in [2.45, 2.75) is 0 Å². The molecule has 0 saturated carbocycles. The molecule has 1 heterocycles. The second kappa shape index (κ2) is 5.37. The largest absolute Gasteiger partial charge is 0.382 e. The first-order valence-corrected chi connectivity index (χ1v) is 7.84. The lowest BCUT2D eigenvalue weighted by Gasteiger charge is -2.08. The fourth-order valence-corrected chi connectivity index (χ4v) is 2.34. The second-order valence-corrected chi connectivity index (χ2v) is 6.04. The minimum atomic E-state index is -3.69. The molecule has 0 saturated heterocycles. The van der Waals surface area contributed by atoms with E-state index in [-0.39, 0.29) is 11.3 Å². The van der Waals surface area contributed by atoms with E-state index >= 15 is 0 Å². The smallest absolute Gasteiger partial charge is 0.306 e. The summed E-state index contributed by atoms with van der Waals surface area (Å²) in [6.07, 6.45) is 2.47. The Labute approximate surface area is 114 Å². The molecule has 2 rings (SSSR count). The molecular formula is C11H10N2O4S2. The molecule has 100 valence electrons. The SMILES string of the molecule is CS(=O)(=O)Oc1ccccc1C(=O)Nc1nccs1. The van der Waals surface area contributed by atoms with Crippen LogP contribution in [0.15, 0.2) is 35.8 Å². The van der Waals surface area contributed by atoms with Crippen molar-refractivity contribution < 1.29 is 17.4 Å². The molecular weight excluding hydrogens is 288 g/mol. The van der Waals surface area contributed by atoms with Gasteiger partial charge in [-0.25, -0.2) is 4.98 Å². The van der Waals surface area contributed by atoms with E-state index in [9.17, 15) is 13.2 Å². The molecule has 1 aromatic heterocycles. The third kappa shape index (κ3) is 3.76. The number of aromatic nitrogens is 1. The van der Waals surface area contributed by atoms with E-state index < -0.39 is 16.0 Å². The fraction of sp³-hybridized carbons (Fsp3) is 0.0909. The van der Waals surface area contributed by atoms with E-state index in [1.807, 2.05) is 0 Å². The first-order valence-electron chi connectivity index (χ1n) is 5.15. The van der Waals surface area contributed by atoms with Crippen LogP contribution < -0.4 is 9.50 Å². The van der Waals surface area contributed by atoms with Crippen molar-refractivity contribution >= 4 is 32.5 Å². The number of hydrogen-bond donors (Lipinski definition) is 1. The highest BCUT2D eigenvalue weighted by Gasteiger charge is 2.16. The van der Waals surface area contributed by atoms with Gasteiger partial charge in [-0.15, -0.1) is 11.3 Å². The van der Waals surface area contributed by atoms with E-state index in [0.29, 0.717) is 5.13 Å². The van der Waals surface area contributed by atoms with E-state index in [4.69, 9.17) is 4.18 Å². The Morgan fingerprint density at radius 1 is 1.37 bits per heavy atom. The Balaban J connectivity index is 2.26. The van der Waals surface area contributed by atoms with E-state index in [0.717, 1.165) is 6.26 Å². The summed E-state index contributed by atoms with van der Waals surface area (Å²) in [4.78, 5) is 15.9. The molecule has 0 spiro atoms. The van der Waals surface area contributed by atoms with Crippen molar-refractivity contribution in [1.82, 2.24) is 4.98 Å². The molecule has 6 nitrogen and oxygen atoms in total. The van der Waals surface area contributed by atoms with Gasteiger partial charge >= 0.3 is 10.1 Å². The molecule has 19 heavy (non-hydrogen) atoms. The van der Waals surface area contributed by atoms with Crippen molar-refractivity contribution in [1.29, 1.82) is 0 Å². The summed E-state index contributed by atoms with van der Waals surface area (Å²) in [5.41, 5.74) is 0.128. The highest BCUT2D eigenvalue weighted by molar-refractivity contribution is 7.86. The molecule has 0 unspecified atom stereocenters. The zero-order chi connectivity index (χ0) is 13.9. The summed E-state index contributed by atoms with van der Waals surface area (Å²) in [7, 11) is -3.69. The average molecular weight is 298 g/mol. The van der Waals surface area contributed by atoms with Gasteiger partial charge in [0.15, 0.2) is 10.9 Å². The number of anilines is 1. The van der Waals surface area contributed by atoms with E-state index in [2.05, 4.69) is 10.3 Å². The third-order valence-electron chi connectivity index (χ3n) is 2.03. The zero-order valence-electron chi connectivity index (χ0n) is 9.86. The number of nitrogens with one attached hydrogen (secondary N) is 1. The molecule has 1 aromatic carbocycles.